The van der Waals surface area contributed by atoms with Gasteiger partial charge in [0.1, 0.15) is 24.3 Å². The lowest BCUT2D eigenvalue weighted by molar-refractivity contribution is 0.114. The molecule has 0 spiro atoms. The molecule has 0 aromatic heterocycles. The number of rotatable bonds is 10. The third-order valence-electron chi connectivity index (χ3n) is 2.80. The van der Waals surface area contributed by atoms with E-state index in [0.29, 0.717) is 31.5 Å². The first-order chi connectivity index (χ1) is 11.2. The van der Waals surface area contributed by atoms with Crippen LogP contribution >= 0.6 is 0 Å². The summed E-state index contributed by atoms with van der Waals surface area (Å²) in [6.07, 6.45) is -0.748. The second-order valence-electron chi connectivity index (χ2n) is 4.76. The lowest BCUT2D eigenvalue weighted by atomic mass is 10.3. The molecule has 23 heavy (non-hydrogen) atoms. The Bertz CT molecular complexity index is 454. The van der Waals surface area contributed by atoms with Gasteiger partial charge in [0.05, 0.1) is 13.2 Å². The lowest BCUT2D eigenvalue weighted by Crippen LogP contribution is -2.39. The van der Waals surface area contributed by atoms with Crippen molar-refractivity contribution < 1.29 is 19.0 Å². The first-order valence-corrected chi connectivity index (χ1v) is 7.82. The number of aliphatic imine (C=N–C) groups is 1. The van der Waals surface area contributed by atoms with Gasteiger partial charge in [-0.1, -0.05) is 0 Å². The summed E-state index contributed by atoms with van der Waals surface area (Å²) >= 11 is 0. The van der Waals surface area contributed by atoms with E-state index in [1.807, 2.05) is 13.8 Å². The van der Waals surface area contributed by atoms with Crippen LogP contribution in [0.1, 0.15) is 13.8 Å². The normalized spacial score (nSPS) is 12.8. The van der Waals surface area contributed by atoms with Crippen LogP contribution in [0.15, 0.2) is 29.3 Å². The molecule has 6 nitrogen and oxygen atoms in total. The highest BCUT2D eigenvalue weighted by Gasteiger charge is 2.06. The van der Waals surface area contributed by atoms with Crippen molar-refractivity contribution in [3.8, 4) is 5.75 Å². The number of aliphatic hydroxyl groups is 1. The van der Waals surface area contributed by atoms with Crippen molar-refractivity contribution >= 4 is 5.96 Å². The minimum absolute atomic E-state index is 0.0908. The topological polar surface area (TPSA) is 75.1 Å². The zero-order valence-corrected chi connectivity index (χ0v) is 13.7. The maximum atomic E-state index is 12.8. The van der Waals surface area contributed by atoms with E-state index < -0.39 is 6.10 Å². The van der Waals surface area contributed by atoms with Crippen LogP contribution in [0.5, 0.6) is 5.75 Å². The SMILES string of the molecule is CCNC(=NCC(O)COc1ccc(F)cc1)NCCOCC. The molecule has 130 valence electrons. The summed E-state index contributed by atoms with van der Waals surface area (Å²) in [5, 5.41) is 16.1. The zero-order chi connectivity index (χ0) is 16.9. The van der Waals surface area contributed by atoms with Crippen LogP contribution in [0.2, 0.25) is 0 Å². The summed E-state index contributed by atoms with van der Waals surface area (Å²) in [5.74, 6) is 0.806. The van der Waals surface area contributed by atoms with Crippen LogP contribution in [-0.4, -0.2) is 56.6 Å². The first kappa shape index (κ1) is 19.2. The third kappa shape index (κ3) is 9.00. The molecule has 1 unspecified atom stereocenters. The average Bonchev–Trinajstić information content (AvgIpc) is 2.56. The monoisotopic (exact) mass is 327 g/mol. The quantitative estimate of drug-likeness (QED) is 0.342. The van der Waals surface area contributed by atoms with Crippen LogP contribution in [0.25, 0.3) is 0 Å². The van der Waals surface area contributed by atoms with Gasteiger partial charge in [-0.2, -0.15) is 0 Å². The highest BCUT2D eigenvalue weighted by atomic mass is 19.1. The Morgan fingerprint density at radius 3 is 2.65 bits per heavy atom. The number of ether oxygens (including phenoxy) is 2. The second kappa shape index (κ2) is 11.7. The molecule has 1 aromatic carbocycles. The van der Waals surface area contributed by atoms with E-state index in [1.54, 1.807) is 0 Å². The number of guanidine groups is 1. The second-order valence-corrected chi connectivity index (χ2v) is 4.76. The molecule has 1 rings (SSSR count). The molecule has 0 heterocycles. The van der Waals surface area contributed by atoms with Gasteiger partial charge >= 0.3 is 0 Å². The number of aliphatic hydroxyl groups excluding tert-OH is 1. The molecule has 0 fully saturated rings. The Labute approximate surface area is 136 Å². The summed E-state index contributed by atoms with van der Waals surface area (Å²) in [7, 11) is 0. The summed E-state index contributed by atoms with van der Waals surface area (Å²) in [6, 6.07) is 5.66. The van der Waals surface area contributed by atoms with Crippen molar-refractivity contribution in [2.45, 2.75) is 20.0 Å². The molecule has 0 bridgehead atoms. The van der Waals surface area contributed by atoms with Crippen LogP contribution < -0.4 is 15.4 Å². The van der Waals surface area contributed by atoms with Crippen molar-refractivity contribution in [1.29, 1.82) is 0 Å². The standard InChI is InChI=1S/C16H26FN3O3/c1-3-18-16(19-9-10-22-4-2)20-11-14(21)12-23-15-7-5-13(17)6-8-15/h5-8,14,21H,3-4,9-12H2,1-2H3,(H2,18,19,20). The number of benzene rings is 1. The van der Waals surface area contributed by atoms with Gasteiger partial charge in [-0.15, -0.1) is 0 Å². The van der Waals surface area contributed by atoms with Crippen molar-refractivity contribution in [1.82, 2.24) is 10.6 Å². The Morgan fingerprint density at radius 2 is 2.00 bits per heavy atom. The fourth-order valence-corrected chi connectivity index (χ4v) is 1.70. The first-order valence-electron chi connectivity index (χ1n) is 7.82. The molecule has 0 aliphatic heterocycles. The summed E-state index contributed by atoms with van der Waals surface area (Å²) in [4.78, 5) is 4.29. The van der Waals surface area contributed by atoms with Gasteiger partial charge in [0.2, 0.25) is 0 Å². The fourth-order valence-electron chi connectivity index (χ4n) is 1.70. The highest BCUT2D eigenvalue weighted by molar-refractivity contribution is 5.79. The van der Waals surface area contributed by atoms with E-state index in [0.717, 1.165) is 6.54 Å². The van der Waals surface area contributed by atoms with E-state index in [2.05, 4.69) is 15.6 Å². The number of nitrogens with zero attached hydrogens (tertiary/aromatic N) is 1. The molecule has 0 saturated heterocycles. The van der Waals surface area contributed by atoms with Gasteiger partial charge in [-0.25, -0.2) is 4.39 Å². The minimum atomic E-state index is -0.748. The van der Waals surface area contributed by atoms with Gasteiger partial charge in [0, 0.05) is 19.7 Å². The van der Waals surface area contributed by atoms with Crippen LogP contribution in [0.3, 0.4) is 0 Å². The molecular formula is C16H26FN3O3. The zero-order valence-electron chi connectivity index (χ0n) is 13.7. The molecule has 0 aliphatic carbocycles. The highest BCUT2D eigenvalue weighted by Crippen LogP contribution is 2.11. The average molecular weight is 327 g/mol. The molecule has 1 atom stereocenters. The predicted molar refractivity (Wildman–Crippen MR) is 88.4 cm³/mol. The van der Waals surface area contributed by atoms with Crippen molar-refractivity contribution in [2.24, 2.45) is 4.99 Å². The van der Waals surface area contributed by atoms with Gasteiger partial charge in [-0.3, -0.25) is 4.99 Å². The fraction of sp³-hybridized carbons (Fsp3) is 0.562. The molecule has 7 heteroatoms. The Kier molecular flexibility index (Phi) is 9.74. The number of nitrogens with one attached hydrogen (secondary N) is 2. The summed E-state index contributed by atoms with van der Waals surface area (Å²) < 4.78 is 23.4. The molecule has 0 amide bonds. The van der Waals surface area contributed by atoms with E-state index in [4.69, 9.17) is 9.47 Å². The van der Waals surface area contributed by atoms with Crippen LogP contribution in [0.4, 0.5) is 4.39 Å². The summed E-state index contributed by atoms with van der Waals surface area (Å²) in [5.41, 5.74) is 0. The number of hydrogen-bond donors (Lipinski definition) is 3. The Hall–Kier alpha value is -1.86. The largest absolute Gasteiger partial charge is 0.491 e. The van der Waals surface area contributed by atoms with Gasteiger partial charge in [0.15, 0.2) is 5.96 Å². The van der Waals surface area contributed by atoms with Crippen molar-refractivity contribution in [3.05, 3.63) is 30.1 Å². The maximum Gasteiger partial charge on any atom is 0.191 e. The van der Waals surface area contributed by atoms with E-state index in [1.165, 1.54) is 24.3 Å². The minimum Gasteiger partial charge on any atom is -0.491 e. The number of hydrogen-bond acceptors (Lipinski definition) is 4. The molecule has 3 N–H and O–H groups in total. The van der Waals surface area contributed by atoms with E-state index in [9.17, 15) is 9.50 Å². The van der Waals surface area contributed by atoms with E-state index >= 15 is 0 Å². The Morgan fingerprint density at radius 1 is 1.26 bits per heavy atom. The van der Waals surface area contributed by atoms with Gasteiger partial charge in [-0.05, 0) is 38.1 Å². The van der Waals surface area contributed by atoms with Crippen molar-refractivity contribution in [3.63, 3.8) is 0 Å². The van der Waals surface area contributed by atoms with Crippen molar-refractivity contribution in [2.75, 3.05) is 39.5 Å². The van der Waals surface area contributed by atoms with Crippen LogP contribution in [-0.2, 0) is 4.74 Å². The van der Waals surface area contributed by atoms with Gasteiger partial charge in [0.25, 0.3) is 0 Å². The lowest BCUT2D eigenvalue weighted by Gasteiger charge is -2.13. The smallest absolute Gasteiger partial charge is 0.191 e. The molecular weight excluding hydrogens is 301 g/mol. The molecule has 0 saturated carbocycles. The Balaban J connectivity index is 2.33. The molecule has 1 aromatic rings. The van der Waals surface area contributed by atoms with Crippen LogP contribution in [0, 0.1) is 5.82 Å². The summed E-state index contributed by atoms with van der Waals surface area (Å²) in [6.45, 7) is 6.83. The third-order valence-corrected chi connectivity index (χ3v) is 2.80. The predicted octanol–water partition coefficient (Wildman–Crippen LogP) is 1.16. The molecule has 0 aliphatic rings. The van der Waals surface area contributed by atoms with E-state index in [-0.39, 0.29) is 19.0 Å². The number of halogens is 1. The maximum absolute atomic E-state index is 12.8. The molecule has 0 radical (unpaired) electrons. The van der Waals surface area contributed by atoms with Gasteiger partial charge < -0.3 is 25.2 Å².